The Morgan fingerprint density at radius 1 is 1.32 bits per heavy atom. The number of nitrogens with zero attached hydrogens (tertiary/aromatic N) is 2. The standard InChI is InChI=1S/C18H13N3O3S/c19-8-10-4-6-11(7-5-10)18(23)24-9-14-20-16(22)15-12-2-1-3-13(12)25-17(15)21-14/h4-7H,1-3,9H2,(H,20,21,22). The molecule has 1 aromatic carbocycles. The normalized spacial score (nSPS) is 12.8. The summed E-state index contributed by atoms with van der Waals surface area (Å²) in [6.45, 7) is -0.105. The Bertz CT molecular complexity index is 1070. The maximum Gasteiger partial charge on any atom is 0.338 e. The zero-order valence-electron chi connectivity index (χ0n) is 13.2. The van der Waals surface area contributed by atoms with Crippen molar-refractivity contribution in [1.82, 2.24) is 9.97 Å². The Labute approximate surface area is 146 Å². The number of hydrogen-bond donors (Lipinski definition) is 1. The van der Waals surface area contributed by atoms with Gasteiger partial charge in [0.15, 0.2) is 0 Å². The van der Waals surface area contributed by atoms with Gasteiger partial charge in [0.25, 0.3) is 5.56 Å². The summed E-state index contributed by atoms with van der Waals surface area (Å²) in [5, 5.41) is 9.45. The minimum Gasteiger partial charge on any atom is -0.454 e. The molecule has 0 spiro atoms. The zero-order chi connectivity index (χ0) is 17.4. The predicted octanol–water partition coefficient (Wildman–Crippen LogP) is 2.70. The summed E-state index contributed by atoms with van der Waals surface area (Å²) in [5.41, 5.74) is 1.76. The van der Waals surface area contributed by atoms with Crippen LogP contribution in [0.25, 0.3) is 10.2 Å². The van der Waals surface area contributed by atoms with E-state index in [-0.39, 0.29) is 12.2 Å². The second-order valence-corrected chi connectivity index (χ2v) is 6.90. The number of aryl methyl sites for hydroxylation is 2. The number of aromatic amines is 1. The number of rotatable bonds is 3. The van der Waals surface area contributed by atoms with Crippen LogP contribution in [0.1, 0.15) is 38.6 Å². The number of hydrogen-bond acceptors (Lipinski definition) is 6. The maximum atomic E-state index is 12.3. The van der Waals surface area contributed by atoms with Crippen LogP contribution in [0.2, 0.25) is 0 Å². The third kappa shape index (κ3) is 2.81. The van der Waals surface area contributed by atoms with E-state index in [0.717, 1.165) is 24.8 Å². The lowest BCUT2D eigenvalue weighted by molar-refractivity contribution is 0.0462. The van der Waals surface area contributed by atoms with Gasteiger partial charge < -0.3 is 9.72 Å². The molecule has 4 rings (SSSR count). The van der Waals surface area contributed by atoms with E-state index in [4.69, 9.17) is 10.00 Å². The highest BCUT2D eigenvalue weighted by Crippen LogP contribution is 2.34. The van der Waals surface area contributed by atoms with E-state index in [1.165, 1.54) is 17.0 Å². The van der Waals surface area contributed by atoms with E-state index < -0.39 is 5.97 Å². The van der Waals surface area contributed by atoms with Crippen LogP contribution >= 0.6 is 11.3 Å². The Morgan fingerprint density at radius 2 is 2.12 bits per heavy atom. The summed E-state index contributed by atoms with van der Waals surface area (Å²) in [7, 11) is 0. The Morgan fingerprint density at radius 3 is 2.88 bits per heavy atom. The maximum absolute atomic E-state index is 12.3. The van der Waals surface area contributed by atoms with Crippen molar-refractivity contribution in [1.29, 1.82) is 5.26 Å². The van der Waals surface area contributed by atoms with Crippen LogP contribution in [-0.4, -0.2) is 15.9 Å². The van der Waals surface area contributed by atoms with Gasteiger partial charge in [0.2, 0.25) is 0 Å². The molecule has 0 fully saturated rings. The highest BCUT2D eigenvalue weighted by molar-refractivity contribution is 7.18. The fraction of sp³-hybridized carbons (Fsp3) is 0.222. The van der Waals surface area contributed by atoms with Crippen LogP contribution in [-0.2, 0) is 24.2 Å². The number of thiophene rings is 1. The predicted molar refractivity (Wildman–Crippen MR) is 92.5 cm³/mol. The van der Waals surface area contributed by atoms with E-state index in [1.54, 1.807) is 23.5 Å². The van der Waals surface area contributed by atoms with Crippen molar-refractivity contribution < 1.29 is 9.53 Å². The number of nitrogens with one attached hydrogen (secondary N) is 1. The summed E-state index contributed by atoms with van der Waals surface area (Å²) in [5.74, 6) is -0.194. The number of benzene rings is 1. The smallest absolute Gasteiger partial charge is 0.338 e. The first-order valence-corrected chi connectivity index (χ1v) is 8.68. The van der Waals surface area contributed by atoms with Gasteiger partial charge >= 0.3 is 5.97 Å². The third-order valence-corrected chi connectivity index (χ3v) is 5.40. The average molecular weight is 351 g/mol. The molecule has 6 nitrogen and oxygen atoms in total. The SMILES string of the molecule is N#Cc1ccc(C(=O)OCc2nc3sc4c(c3c(=O)[nH]2)CCC4)cc1. The Balaban J connectivity index is 1.54. The van der Waals surface area contributed by atoms with Crippen molar-refractivity contribution in [3.8, 4) is 6.07 Å². The minimum atomic E-state index is -0.527. The topological polar surface area (TPSA) is 95.8 Å². The zero-order valence-corrected chi connectivity index (χ0v) is 14.0. The highest BCUT2D eigenvalue weighted by Gasteiger charge is 2.21. The quantitative estimate of drug-likeness (QED) is 0.732. The molecule has 2 heterocycles. The second kappa shape index (κ2) is 6.15. The van der Waals surface area contributed by atoms with Gasteiger partial charge in [0, 0.05) is 4.88 Å². The third-order valence-electron chi connectivity index (χ3n) is 4.21. The van der Waals surface area contributed by atoms with Gasteiger partial charge in [-0.15, -0.1) is 11.3 Å². The molecule has 7 heteroatoms. The van der Waals surface area contributed by atoms with Gasteiger partial charge in [-0.05, 0) is 49.1 Å². The van der Waals surface area contributed by atoms with Crippen molar-refractivity contribution in [3.63, 3.8) is 0 Å². The van der Waals surface area contributed by atoms with Crippen LogP contribution in [0.4, 0.5) is 0 Å². The summed E-state index contributed by atoms with van der Waals surface area (Å²) < 4.78 is 5.22. The van der Waals surface area contributed by atoms with Crippen molar-refractivity contribution >= 4 is 27.5 Å². The molecule has 0 saturated carbocycles. The average Bonchev–Trinajstić information content (AvgIpc) is 3.20. The molecule has 0 bridgehead atoms. The Kier molecular flexibility index (Phi) is 3.82. The summed E-state index contributed by atoms with van der Waals surface area (Å²) >= 11 is 1.55. The van der Waals surface area contributed by atoms with Gasteiger partial charge in [0.05, 0.1) is 22.6 Å². The van der Waals surface area contributed by atoms with E-state index >= 15 is 0 Å². The monoisotopic (exact) mass is 351 g/mol. The van der Waals surface area contributed by atoms with Crippen LogP contribution in [0.15, 0.2) is 29.1 Å². The summed E-state index contributed by atoms with van der Waals surface area (Å²) in [6, 6.07) is 8.16. The number of carbonyl (C=O) groups is 1. The number of nitriles is 1. The van der Waals surface area contributed by atoms with E-state index in [9.17, 15) is 9.59 Å². The van der Waals surface area contributed by atoms with E-state index in [2.05, 4.69) is 9.97 Å². The van der Waals surface area contributed by atoms with Gasteiger partial charge in [0.1, 0.15) is 17.3 Å². The van der Waals surface area contributed by atoms with E-state index in [1.807, 2.05) is 6.07 Å². The number of aromatic nitrogens is 2. The minimum absolute atomic E-state index is 0.105. The molecule has 0 radical (unpaired) electrons. The van der Waals surface area contributed by atoms with Gasteiger partial charge in [-0.2, -0.15) is 5.26 Å². The van der Waals surface area contributed by atoms with Gasteiger partial charge in [-0.25, -0.2) is 9.78 Å². The first kappa shape index (κ1) is 15.5. The molecule has 0 amide bonds. The highest BCUT2D eigenvalue weighted by atomic mass is 32.1. The number of carbonyl (C=O) groups excluding carboxylic acids is 1. The van der Waals surface area contributed by atoms with Gasteiger partial charge in [-0.1, -0.05) is 0 Å². The number of esters is 1. The molecular formula is C18H13N3O3S. The molecular weight excluding hydrogens is 338 g/mol. The fourth-order valence-electron chi connectivity index (χ4n) is 3.01. The number of ether oxygens (including phenoxy) is 1. The van der Waals surface area contributed by atoms with Crippen molar-refractivity contribution in [2.75, 3.05) is 0 Å². The van der Waals surface area contributed by atoms with Crippen molar-refractivity contribution in [2.45, 2.75) is 25.9 Å². The van der Waals surface area contributed by atoms with Crippen molar-refractivity contribution in [3.05, 3.63) is 62.0 Å². The molecule has 1 aliphatic rings. The summed E-state index contributed by atoms with van der Waals surface area (Å²) in [6.07, 6.45) is 3.01. The molecule has 25 heavy (non-hydrogen) atoms. The van der Waals surface area contributed by atoms with Crippen LogP contribution < -0.4 is 5.56 Å². The molecule has 1 aliphatic carbocycles. The first-order valence-electron chi connectivity index (χ1n) is 7.86. The lowest BCUT2D eigenvalue weighted by Crippen LogP contribution is -2.14. The van der Waals surface area contributed by atoms with E-state index in [0.29, 0.717) is 27.2 Å². The van der Waals surface area contributed by atoms with Gasteiger partial charge in [-0.3, -0.25) is 4.79 Å². The molecule has 124 valence electrons. The molecule has 0 atom stereocenters. The summed E-state index contributed by atoms with van der Waals surface area (Å²) in [4.78, 5) is 33.5. The first-order chi connectivity index (χ1) is 12.2. The molecule has 0 saturated heterocycles. The fourth-order valence-corrected chi connectivity index (χ4v) is 4.29. The Hall–Kier alpha value is -2.98. The molecule has 0 aliphatic heterocycles. The van der Waals surface area contributed by atoms with Crippen molar-refractivity contribution in [2.24, 2.45) is 0 Å². The molecule has 1 N–H and O–H groups in total. The molecule has 3 aromatic rings. The lowest BCUT2D eigenvalue weighted by atomic mass is 10.1. The second-order valence-electron chi connectivity index (χ2n) is 5.82. The van der Waals surface area contributed by atoms with Crippen LogP contribution in [0.3, 0.4) is 0 Å². The van der Waals surface area contributed by atoms with Crippen LogP contribution in [0, 0.1) is 11.3 Å². The lowest BCUT2D eigenvalue weighted by Gasteiger charge is -2.05. The number of H-pyrrole nitrogens is 1. The molecule has 2 aromatic heterocycles. The number of fused-ring (bicyclic) bond motifs is 3. The largest absolute Gasteiger partial charge is 0.454 e. The molecule has 0 unspecified atom stereocenters. The van der Waals surface area contributed by atoms with Crippen LogP contribution in [0.5, 0.6) is 0 Å².